The van der Waals surface area contributed by atoms with Crippen molar-refractivity contribution < 1.29 is 9.26 Å². The summed E-state index contributed by atoms with van der Waals surface area (Å²) in [7, 11) is 0. The summed E-state index contributed by atoms with van der Waals surface area (Å²) in [6.07, 6.45) is 1.80. The predicted octanol–water partition coefficient (Wildman–Crippen LogP) is 4.17. The number of rotatable bonds is 4. The third kappa shape index (κ3) is 2.84. The van der Waals surface area contributed by atoms with Crippen molar-refractivity contribution in [1.82, 2.24) is 15.1 Å². The summed E-state index contributed by atoms with van der Waals surface area (Å²) in [4.78, 5) is 8.69. The van der Waals surface area contributed by atoms with Gasteiger partial charge in [0.2, 0.25) is 11.7 Å². The summed E-state index contributed by atoms with van der Waals surface area (Å²) in [6.45, 7) is 2.22. The number of para-hydroxylation sites is 1. The zero-order valence-corrected chi connectivity index (χ0v) is 13.1. The number of hydrogen-bond donors (Lipinski definition) is 0. The molecular weight excluding hydrogens is 302 g/mol. The van der Waals surface area contributed by atoms with Gasteiger partial charge in [-0.3, -0.25) is 4.98 Å². The van der Waals surface area contributed by atoms with Gasteiger partial charge in [-0.2, -0.15) is 4.98 Å². The van der Waals surface area contributed by atoms with Gasteiger partial charge in [-0.25, -0.2) is 0 Å². The molecule has 0 unspecified atom stereocenters. The minimum Gasteiger partial charge on any atom is -0.489 e. The molecule has 4 aromatic rings. The molecule has 0 bridgehead atoms. The van der Waals surface area contributed by atoms with Crippen molar-refractivity contribution in [3.63, 3.8) is 0 Å². The number of pyridine rings is 1. The van der Waals surface area contributed by atoms with Crippen molar-refractivity contribution in [3.8, 4) is 17.1 Å². The number of ether oxygens (including phenoxy) is 1. The molecule has 0 amide bonds. The Morgan fingerprint density at radius 1 is 1.04 bits per heavy atom. The van der Waals surface area contributed by atoms with Crippen LogP contribution in [0.1, 0.15) is 11.5 Å². The van der Waals surface area contributed by atoms with Gasteiger partial charge in [-0.05, 0) is 18.2 Å². The molecule has 0 fully saturated rings. The summed E-state index contributed by atoms with van der Waals surface area (Å²) < 4.78 is 11.0. The molecule has 0 spiro atoms. The molecule has 0 aliphatic heterocycles. The number of aromatic nitrogens is 3. The normalized spacial score (nSPS) is 10.9. The van der Waals surface area contributed by atoms with Crippen molar-refractivity contribution in [3.05, 3.63) is 72.2 Å². The van der Waals surface area contributed by atoms with E-state index in [-0.39, 0.29) is 0 Å². The zero-order chi connectivity index (χ0) is 16.4. The first-order valence-corrected chi connectivity index (χ1v) is 7.66. The molecule has 5 heteroatoms. The monoisotopic (exact) mass is 317 g/mol. The Balaban J connectivity index is 1.57. The topological polar surface area (TPSA) is 61.0 Å². The molecule has 0 saturated carbocycles. The predicted molar refractivity (Wildman–Crippen MR) is 90.5 cm³/mol. The van der Waals surface area contributed by atoms with Crippen molar-refractivity contribution >= 4 is 10.9 Å². The molecule has 4 rings (SSSR count). The average molecular weight is 317 g/mol. The van der Waals surface area contributed by atoms with Crippen LogP contribution >= 0.6 is 0 Å². The van der Waals surface area contributed by atoms with Crippen molar-refractivity contribution in [1.29, 1.82) is 0 Å². The first-order valence-electron chi connectivity index (χ1n) is 7.66. The van der Waals surface area contributed by atoms with Crippen LogP contribution in [0.4, 0.5) is 0 Å². The Kier molecular flexibility index (Phi) is 3.67. The van der Waals surface area contributed by atoms with Crippen LogP contribution in [0.2, 0.25) is 0 Å². The lowest BCUT2D eigenvalue weighted by atomic mass is 10.1. The van der Waals surface area contributed by atoms with Crippen LogP contribution in [-0.2, 0) is 6.61 Å². The molecule has 0 aliphatic rings. The zero-order valence-electron chi connectivity index (χ0n) is 13.1. The van der Waals surface area contributed by atoms with Crippen LogP contribution in [0.3, 0.4) is 0 Å². The molecule has 0 N–H and O–H groups in total. The maximum atomic E-state index is 5.94. The van der Waals surface area contributed by atoms with Crippen LogP contribution in [0, 0.1) is 6.92 Å². The first kappa shape index (κ1) is 14.4. The lowest BCUT2D eigenvalue weighted by molar-refractivity contribution is 0.307. The highest BCUT2D eigenvalue weighted by Crippen LogP contribution is 2.23. The third-order valence-corrected chi connectivity index (χ3v) is 3.73. The SMILES string of the molecule is Cc1nc(-c2cccc(OCc3cccc4cccnc34)c2)no1. The van der Waals surface area contributed by atoms with Crippen LogP contribution in [0.15, 0.2) is 65.3 Å². The third-order valence-electron chi connectivity index (χ3n) is 3.73. The van der Waals surface area contributed by atoms with Crippen molar-refractivity contribution in [2.75, 3.05) is 0 Å². The van der Waals surface area contributed by atoms with E-state index in [1.54, 1.807) is 13.1 Å². The molecule has 5 nitrogen and oxygen atoms in total. The average Bonchev–Trinajstić information content (AvgIpc) is 3.07. The van der Waals surface area contributed by atoms with E-state index in [4.69, 9.17) is 9.26 Å². The lowest BCUT2D eigenvalue weighted by Crippen LogP contribution is -1.97. The van der Waals surface area contributed by atoms with Crippen LogP contribution in [0.25, 0.3) is 22.3 Å². The van der Waals surface area contributed by atoms with Crippen molar-refractivity contribution in [2.24, 2.45) is 0 Å². The highest BCUT2D eigenvalue weighted by Gasteiger charge is 2.08. The van der Waals surface area contributed by atoms with Gasteiger partial charge in [-0.15, -0.1) is 0 Å². The highest BCUT2D eigenvalue weighted by molar-refractivity contribution is 5.81. The Hall–Kier alpha value is -3.21. The maximum Gasteiger partial charge on any atom is 0.223 e. The van der Waals surface area contributed by atoms with E-state index in [1.807, 2.05) is 54.6 Å². The summed E-state index contributed by atoms with van der Waals surface area (Å²) in [5, 5.41) is 5.04. The van der Waals surface area contributed by atoms with Gasteiger partial charge in [0.05, 0.1) is 5.52 Å². The number of fused-ring (bicyclic) bond motifs is 1. The number of nitrogens with zero attached hydrogens (tertiary/aromatic N) is 3. The summed E-state index contributed by atoms with van der Waals surface area (Å²) in [6, 6.07) is 17.7. The minimum atomic E-state index is 0.447. The Bertz CT molecular complexity index is 989. The molecule has 0 aliphatic carbocycles. The Morgan fingerprint density at radius 2 is 1.92 bits per heavy atom. The van der Waals surface area contributed by atoms with E-state index in [1.165, 1.54) is 0 Å². The molecule has 2 heterocycles. The minimum absolute atomic E-state index is 0.447. The van der Waals surface area contributed by atoms with E-state index in [0.29, 0.717) is 18.3 Å². The molecule has 0 radical (unpaired) electrons. The Labute approximate surface area is 138 Å². The summed E-state index contributed by atoms with van der Waals surface area (Å²) in [5.74, 6) is 1.85. The molecule has 118 valence electrons. The summed E-state index contributed by atoms with van der Waals surface area (Å²) in [5.41, 5.74) is 2.87. The number of aryl methyl sites for hydroxylation is 1. The largest absolute Gasteiger partial charge is 0.489 e. The van der Waals surface area contributed by atoms with Gasteiger partial charge >= 0.3 is 0 Å². The molecule has 0 atom stereocenters. The standard InChI is InChI=1S/C19H15N3O2/c1-13-21-19(22-24-13)15-6-3-9-17(11-15)23-12-16-7-2-5-14-8-4-10-20-18(14)16/h2-11H,12H2,1H3. The maximum absolute atomic E-state index is 5.94. The van der Waals surface area contributed by atoms with Crippen molar-refractivity contribution in [2.45, 2.75) is 13.5 Å². The number of benzene rings is 2. The van der Waals surface area contributed by atoms with E-state index in [0.717, 1.165) is 27.8 Å². The van der Waals surface area contributed by atoms with Gasteiger partial charge < -0.3 is 9.26 Å². The molecule has 2 aromatic carbocycles. The second kappa shape index (κ2) is 6.12. The fraction of sp³-hybridized carbons (Fsp3) is 0.105. The van der Waals surface area contributed by atoms with Crippen LogP contribution in [-0.4, -0.2) is 15.1 Å². The molecule has 24 heavy (non-hydrogen) atoms. The van der Waals surface area contributed by atoms with Gasteiger partial charge in [0.15, 0.2) is 0 Å². The van der Waals surface area contributed by atoms with E-state index in [2.05, 4.69) is 15.1 Å². The van der Waals surface area contributed by atoms with E-state index >= 15 is 0 Å². The lowest BCUT2D eigenvalue weighted by Gasteiger charge is -2.09. The number of hydrogen-bond acceptors (Lipinski definition) is 5. The second-order valence-electron chi connectivity index (χ2n) is 5.45. The first-order chi connectivity index (χ1) is 11.8. The molecule has 0 saturated heterocycles. The quantitative estimate of drug-likeness (QED) is 0.565. The Morgan fingerprint density at radius 3 is 2.79 bits per heavy atom. The molecular formula is C19H15N3O2. The highest BCUT2D eigenvalue weighted by atomic mass is 16.5. The van der Waals surface area contributed by atoms with E-state index in [9.17, 15) is 0 Å². The van der Waals surface area contributed by atoms with E-state index < -0.39 is 0 Å². The van der Waals surface area contributed by atoms with Gasteiger partial charge in [0.25, 0.3) is 0 Å². The smallest absolute Gasteiger partial charge is 0.223 e. The van der Waals surface area contributed by atoms with Gasteiger partial charge in [0.1, 0.15) is 12.4 Å². The van der Waals surface area contributed by atoms with Gasteiger partial charge in [-0.1, -0.05) is 41.6 Å². The fourth-order valence-corrected chi connectivity index (χ4v) is 2.59. The van der Waals surface area contributed by atoms with Crippen LogP contribution in [0.5, 0.6) is 5.75 Å². The van der Waals surface area contributed by atoms with Gasteiger partial charge in [0, 0.05) is 29.6 Å². The summed E-state index contributed by atoms with van der Waals surface area (Å²) >= 11 is 0. The molecule has 2 aromatic heterocycles. The second-order valence-corrected chi connectivity index (χ2v) is 5.45. The fourth-order valence-electron chi connectivity index (χ4n) is 2.59. The van der Waals surface area contributed by atoms with Crippen LogP contribution < -0.4 is 4.74 Å².